The molecule has 14 heavy (non-hydrogen) atoms. The molecule has 0 bridgehead atoms. The van der Waals surface area contributed by atoms with E-state index in [0.717, 1.165) is 28.3 Å². The molecule has 2 atom stereocenters. The first-order valence-corrected chi connectivity index (χ1v) is 5.11. The van der Waals surface area contributed by atoms with Gasteiger partial charge in [-0.25, -0.2) is 0 Å². The number of hydrogen-bond donors (Lipinski definition) is 1. The molecule has 1 aromatic carbocycles. The van der Waals surface area contributed by atoms with Crippen molar-refractivity contribution >= 4 is 11.6 Å². The van der Waals surface area contributed by atoms with Crippen LogP contribution in [0.25, 0.3) is 0 Å². The van der Waals surface area contributed by atoms with Crippen molar-refractivity contribution in [3.63, 3.8) is 0 Å². The Bertz CT molecular complexity index is 365. The highest BCUT2D eigenvalue weighted by Crippen LogP contribution is 2.45. The van der Waals surface area contributed by atoms with Crippen LogP contribution in [-0.2, 0) is 0 Å². The van der Waals surface area contributed by atoms with Crippen LogP contribution in [0.2, 0.25) is 5.02 Å². The maximum Gasteiger partial charge on any atom is 0.125 e. The zero-order valence-corrected chi connectivity index (χ0v) is 9.14. The van der Waals surface area contributed by atoms with Crippen LogP contribution < -0.4 is 10.5 Å². The van der Waals surface area contributed by atoms with E-state index in [1.165, 1.54) is 0 Å². The predicted molar refractivity (Wildman–Crippen MR) is 58.1 cm³/mol. The number of nitrogens with two attached hydrogens (primary N) is 1. The molecule has 2 rings (SSSR count). The third-order valence-electron chi connectivity index (χ3n) is 2.71. The Morgan fingerprint density at radius 2 is 2.14 bits per heavy atom. The van der Waals surface area contributed by atoms with Crippen molar-refractivity contribution in [1.29, 1.82) is 0 Å². The van der Waals surface area contributed by atoms with E-state index in [-0.39, 0.29) is 6.04 Å². The Morgan fingerprint density at radius 3 is 2.64 bits per heavy atom. The highest BCUT2D eigenvalue weighted by Gasteiger charge is 2.37. The summed E-state index contributed by atoms with van der Waals surface area (Å²) >= 11 is 6.00. The molecule has 3 heteroatoms. The molecule has 0 spiro atoms. The zero-order chi connectivity index (χ0) is 10.3. The maximum atomic E-state index is 6.00. The molecular weight excluding hydrogens is 198 g/mol. The first kappa shape index (κ1) is 9.81. The largest absolute Gasteiger partial charge is 0.496 e. The molecule has 1 fully saturated rings. The molecule has 2 unspecified atom stereocenters. The smallest absolute Gasteiger partial charge is 0.125 e. The molecule has 0 aromatic heterocycles. The van der Waals surface area contributed by atoms with Crippen LogP contribution in [0.5, 0.6) is 5.75 Å². The molecule has 1 aliphatic carbocycles. The molecule has 2 N–H and O–H groups in total. The summed E-state index contributed by atoms with van der Waals surface area (Å²) in [7, 11) is 1.69. The fourth-order valence-corrected chi connectivity index (χ4v) is 2.16. The zero-order valence-electron chi connectivity index (χ0n) is 8.38. The minimum absolute atomic E-state index is 0.279. The van der Waals surface area contributed by atoms with Gasteiger partial charge in [0, 0.05) is 22.5 Å². The van der Waals surface area contributed by atoms with Crippen molar-refractivity contribution in [2.45, 2.75) is 25.3 Å². The Morgan fingerprint density at radius 1 is 1.50 bits per heavy atom. The topological polar surface area (TPSA) is 35.2 Å². The summed E-state index contributed by atoms with van der Waals surface area (Å²) in [5.74, 6) is 1.37. The number of halogens is 1. The summed E-state index contributed by atoms with van der Waals surface area (Å²) in [5, 5.41) is 0.761. The number of ether oxygens (including phenoxy) is 1. The van der Waals surface area contributed by atoms with Crippen LogP contribution in [0.15, 0.2) is 12.1 Å². The fraction of sp³-hybridized carbons (Fsp3) is 0.455. The van der Waals surface area contributed by atoms with Crippen molar-refractivity contribution in [2.75, 3.05) is 7.11 Å². The van der Waals surface area contributed by atoms with Gasteiger partial charge in [0.25, 0.3) is 0 Å². The lowest BCUT2D eigenvalue weighted by atomic mass is 10.1. The van der Waals surface area contributed by atoms with Crippen molar-refractivity contribution in [1.82, 2.24) is 0 Å². The average Bonchev–Trinajstić information content (AvgIpc) is 2.81. The second kappa shape index (κ2) is 3.44. The number of methoxy groups -OCH3 is 1. The Labute approximate surface area is 89.0 Å². The lowest BCUT2D eigenvalue weighted by Crippen LogP contribution is -2.03. The van der Waals surface area contributed by atoms with E-state index in [2.05, 4.69) is 0 Å². The molecule has 1 aliphatic rings. The van der Waals surface area contributed by atoms with Crippen LogP contribution >= 0.6 is 11.6 Å². The van der Waals surface area contributed by atoms with Crippen LogP contribution in [0.1, 0.15) is 23.5 Å². The highest BCUT2D eigenvalue weighted by atomic mass is 35.5. The van der Waals surface area contributed by atoms with Gasteiger partial charge in [0.15, 0.2) is 0 Å². The minimum Gasteiger partial charge on any atom is -0.496 e. The molecule has 0 radical (unpaired) electrons. The van der Waals surface area contributed by atoms with E-state index < -0.39 is 0 Å². The van der Waals surface area contributed by atoms with Crippen LogP contribution in [-0.4, -0.2) is 13.2 Å². The van der Waals surface area contributed by atoms with Gasteiger partial charge in [-0.05, 0) is 31.0 Å². The average molecular weight is 212 g/mol. The van der Waals surface area contributed by atoms with Gasteiger partial charge >= 0.3 is 0 Å². The van der Waals surface area contributed by atoms with E-state index in [1.807, 2.05) is 19.1 Å². The van der Waals surface area contributed by atoms with Crippen LogP contribution in [0, 0.1) is 6.92 Å². The Hall–Kier alpha value is -0.730. The first-order chi connectivity index (χ1) is 6.63. The normalized spacial score (nSPS) is 24.9. The van der Waals surface area contributed by atoms with E-state index in [0.29, 0.717) is 5.92 Å². The Kier molecular flexibility index (Phi) is 2.41. The summed E-state index contributed by atoms with van der Waals surface area (Å²) in [6, 6.07) is 4.16. The molecule has 76 valence electrons. The van der Waals surface area contributed by atoms with Crippen molar-refractivity contribution in [3.8, 4) is 5.75 Å². The summed E-state index contributed by atoms with van der Waals surface area (Å²) in [5.41, 5.74) is 8.06. The second-order valence-electron chi connectivity index (χ2n) is 3.85. The SMILES string of the molecule is COc1c(C)cc(Cl)cc1C1CC1N. The van der Waals surface area contributed by atoms with Gasteiger partial charge in [-0.1, -0.05) is 11.6 Å². The third-order valence-corrected chi connectivity index (χ3v) is 2.93. The number of rotatable bonds is 2. The standard InChI is InChI=1S/C11H14ClNO/c1-6-3-7(12)4-9(11(6)14-2)8-5-10(8)13/h3-4,8,10H,5,13H2,1-2H3. The predicted octanol–water partition coefficient (Wildman–Crippen LogP) is 2.47. The molecular formula is C11H14ClNO. The third kappa shape index (κ3) is 1.60. The summed E-state index contributed by atoms with van der Waals surface area (Å²) in [6.45, 7) is 2.00. The molecule has 1 aromatic rings. The second-order valence-corrected chi connectivity index (χ2v) is 4.29. The molecule has 0 heterocycles. The summed E-state index contributed by atoms with van der Waals surface area (Å²) < 4.78 is 5.37. The van der Waals surface area contributed by atoms with Gasteiger partial charge in [0.2, 0.25) is 0 Å². The molecule has 0 saturated heterocycles. The molecule has 1 saturated carbocycles. The monoisotopic (exact) mass is 211 g/mol. The van der Waals surface area contributed by atoms with Gasteiger partial charge in [-0.15, -0.1) is 0 Å². The van der Waals surface area contributed by atoms with Gasteiger partial charge < -0.3 is 10.5 Å². The fourth-order valence-electron chi connectivity index (χ4n) is 1.88. The van der Waals surface area contributed by atoms with Gasteiger partial charge in [-0.2, -0.15) is 0 Å². The van der Waals surface area contributed by atoms with E-state index in [9.17, 15) is 0 Å². The minimum atomic E-state index is 0.279. The summed E-state index contributed by atoms with van der Waals surface area (Å²) in [6.07, 6.45) is 1.04. The van der Waals surface area contributed by atoms with Gasteiger partial charge in [-0.3, -0.25) is 0 Å². The van der Waals surface area contributed by atoms with Gasteiger partial charge in [0.1, 0.15) is 5.75 Å². The van der Waals surface area contributed by atoms with E-state index in [1.54, 1.807) is 7.11 Å². The van der Waals surface area contributed by atoms with Crippen LogP contribution in [0.3, 0.4) is 0 Å². The van der Waals surface area contributed by atoms with Crippen molar-refractivity contribution < 1.29 is 4.74 Å². The van der Waals surface area contributed by atoms with E-state index >= 15 is 0 Å². The summed E-state index contributed by atoms with van der Waals surface area (Å²) in [4.78, 5) is 0. The van der Waals surface area contributed by atoms with E-state index in [4.69, 9.17) is 22.1 Å². The quantitative estimate of drug-likeness (QED) is 0.816. The molecule has 2 nitrogen and oxygen atoms in total. The van der Waals surface area contributed by atoms with Crippen molar-refractivity contribution in [3.05, 3.63) is 28.3 Å². The van der Waals surface area contributed by atoms with Crippen molar-refractivity contribution in [2.24, 2.45) is 5.73 Å². The number of aryl methyl sites for hydroxylation is 1. The lowest BCUT2D eigenvalue weighted by Gasteiger charge is -2.11. The van der Waals surface area contributed by atoms with Gasteiger partial charge in [0.05, 0.1) is 7.11 Å². The maximum absolute atomic E-state index is 6.00. The Balaban J connectivity index is 2.45. The highest BCUT2D eigenvalue weighted by molar-refractivity contribution is 6.30. The number of benzene rings is 1. The number of hydrogen-bond acceptors (Lipinski definition) is 2. The first-order valence-electron chi connectivity index (χ1n) is 4.73. The lowest BCUT2D eigenvalue weighted by molar-refractivity contribution is 0.406. The van der Waals surface area contributed by atoms with Crippen LogP contribution in [0.4, 0.5) is 0 Å². The molecule has 0 amide bonds. The molecule has 0 aliphatic heterocycles.